The zero-order chi connectivity index (χ0) is 20.0. The van der Waals surface area contributed by atoms with Gasteiger partial charge in [0.05, 0.1) is 16.8 Å². The average Bonchev–Trinajstić information content (AvgIpc) is 2.65. The van der Waals surface area contributed by atoms with Crippen molar-refractivity contribution >= 4 is 45.8 Å². The third kappa shape index (κ3) is 2.69. The summed E-state index contributed by atoms with van der Waals surface area (Å²) >= 11 is 0. The molecule has 0 aliphatic carbocycles. The van der Waals surface area contributed by atoms with Crippen LogP contribution in [0.25, 0.3) is 10.8 Å². The SMILES string of the molecule is CC(=O)Nc1cc2c3c(cccc3c1)C(=O)N(c1cccc(C(=O)O)c1)C2=O. The molecule has 7 nitrogen and oxygen atoms in total. The van der Waals surface area contributed by atoms with Crippen molar-refractivity contribution in [1.82, 2.24) is 0 Å². The van der Waals surface area contributed by atoms with Crippen LogP contribution in [0.2, 0.25) is 0 Å². The quantitative estimate of drug-likeness (QED) is 0.685. The zero-order valence-corrected chi connectivity index (χ0v) is 14.7. The molecule has 0 saturated heterocycles. The number of hydrogen-bond donors (Lipinski definition) is 2. The number of carboxylic acid groups (broad SMARTS) is 1. The predicted molar refractivity (Wildman–Crippen MR) is 103 cm³/mol. The van der Waals surface area contributed by atoms with Crippen LogP contribution in [0, 0.1) is 0 Å². The van der Waals surface area contributed by atoms with Crippen molar-refractivity contribution in [2.45, 2.75) is 6.92 Å². The molecule has 1 aliphatic rings. The van der Waals surface area contributed by atoms with Crippen LogP contribution in [0.4, 0.5) is 11.4 Å². The molecule has 3 aromatic rings. The van der Waals surface area contributed by atoms with Gasteiger partial charge in [-0.1, -0.05) is 18.2 Å². The second kappa shape index (κ2) is 6.31. The van der Waals surface area contributed by atoms with Crippen LogP contribution >= 0.6 is 0 Å². The van der Waals surface area contributed by atoms with Gasteiger partial charge in [-0.05, 0) is 41.8 Å². The molecule has 3 aromatic carbocycles. The molecule has 0 aromatic heterocycles. The second-order valence-corrected chi connectivity index (χ2v) is 6.41. The van der Waals surface area contributed by atoms with Gasteiger partial charge in [0, 0.05) is 23.6 Å². The molecule has 7 heteroatoms. The van der Waals surface area contributed by atoms with Crippen molar-refractivity contribution in [1.29, 1.82) is 0 Å². The standard InChI is InChI=1S/C21H14N2O5/c1-11(24)22-14-8-12-4-3-7-16-18(12)17(10-14)20(26)23(19(16)25)15-6-2-5-13(9-15)21(27)28/h2-10H,1H3,(H,22,24)(H,27,28). The molecule has 0 unspecified atom stereocenters. The summed E-state index contributed by atoms with van der Waals surface area (Å²) in [7, 11) is 0. The van der Waals surface area contributed by atoms with E-state index in [1.807, 2.05) is 0 Å². The summed E-state index contributed by atoms with van der Waals surface area (Å²) in [6.45, 7) is 1.36. The number of benzene rings is 3. The maximum absolute atomic E-state index is 13.2. The van der Waals surface area contributed by atoms with E-state index in [1.54, 1.807) is 24.3 Å². The highest BCUT2D eigenvalue weighted by molar-refractivity contribution is 6.36. The van der Waals surface area contributed by atoms with Gasteiger partial charge in [0.25, 0.3) is 11.8 Å². The lowest BCUT2D eigenvalue weighted by Gasteiger charge is -2.27. The fraction of sp³-hybridized carbons (Fsp3) is 0.0476. The van der Waals surface area contributed by atoms with Gasteiger partial charge in [0.1, 0.15) is 0 Å². The van der Waals surface area contributed by atoms with Gasteiger partial charge >= 0.3 is 5.97 Å². The number of nitrogens with zero attached hydrogens (tertiary/aromatic N) is 1. The number of rotatable bonds is 3. The molecule has 3 amide bonds. The Balaban J connectivity index is 1.93. The van der Waals surface area contributed by atoms with Crippen LogP contribution in [-0.2, 0) is 4.79 Å². The van der Waals surface area contributed by atoms with Gasteiger partial charge in [-0.3, -0.25) is 14.4 Å². The van der Waals surface area contributed by atoms with E-state index in [2.05, 4.69) is 5.32 Å². The Kier molecular flexibility index (Phi) is 3.93. The van der Waals surface area contributed by atoms with Crippen molar-refractivity contribution in [2.75, 3.05) is 10.2 Å². The molecule has 0 fully saturated rings. The first-order chi connectivity index (χ1) is 13.4. The van der Waals surface area contributed by atoms with Gasteiger partial charge in [0.2, 0.25) is 5.91 Å². The summed E-state index contributed by atoms with van der Waals surface area (Å²) in [6.07, 6.45) is 0. The number of carbonyl (C=O) groups excluding carboxylic acids is 3. The molecule has 138 valence electrons. The summed E-state index contributed by atoms with van der Waals surface area (Å²) in [5.41, 5.74) is 1.17. The summed E-state index contributed by atoms with van der Waals surface area (Å²) in [4.78, 5) is 49.9. The topological polar surface area (TPSA) is 104 Å². The Bertz CT molecular complexity index is 1200. The lowest BCUT2D eigenvalue weighted by molar-refractivity contribution is -0.114. The van der Waals surface area contributed by atoms with Crippen molar-refractivity contribution in [3.63, 3.8) is 0 Å². The summed E-state index contributed by atoms with van der Waals surface area (Å²) in [5, 5.41) is 13.0. The van der Waals surface area contributed by atoms with E-state index in [4.69, 9.17) is 0 Å². The smallest absolute Gasteiger partial charge is 0.335 e. The Morgan fingerprint density at radius 1 is 0.929 bits per heavy atom. The van der Waals surface area contributed by atoms with Gasteiger partial charge in [-0.15, -0.1) is 0 Å². The first kappa shape index (κ1) is 17.4. The van der Waals surface area contributed by atoms with Crippen LogP contribution in [0.15, 0.2) is 54.6 Å². The molecule has 0 saturated carbocycles. The third-order valence-corrected chi connectivity index (χ3v) is 4.52. The van der Waals surface area contributed by atoms with E-state index in [0.29, 0.717) is 22.0 Å². The molecule has 28 heavy (non-hydrogen) atoms. The first-order valence-corrected chi connectivity index (χ1v) is 8.43. The normalized spacial score (nSPS) is 13.0. The average molecular weight is 374 g/mol. The van der Waals surface area contributed by atoms with Crippen LogP contribution in [0.5, 0.6) is 0 Å². The molecule has 1 aliphatic heterocycles. The number of carbonyl (C=O) groups is 4. The van der Waals surface area contributed by atoms with Gasteiger partial charge in [-0.25, -0.2) is 9.69 Å². The Morgan fingerprint density at radius 2 is 1.64 bits per heavy atom. The highest BCUT2D eigenvalue weighted by atomic mass is 16.4. The molecule has 0 spiro atoms. The number of nitrogens with one attached hydrogen (secondary N) is 1. The first-order valence-electron chi connectivity index (χ1n) is 8.43. The number of imide groups is 1. The molecule has 0 bridgehead atoms. The molecule has 2 N–H and O–H groups in total. The molecule has 1 heterocycles. The van der Waals surface area contributed by atoms with Crippen molar-refractivity contribution < 1.29 is 24.3 Å². The van der Waals surface area contributed by atoms with Crippen LogP contribution < -0.4 is 10.2 Å². The van der Waals surface area contributed by atoms with E-state index in [1.165, 1.54) is 37.3 Å². The van der Waals surface area contributed by atoms with E-state index in [0.717, 1.165) is 4.90 Å². The minimum Gasteiger partial charge on any atom is -0.478 e. The van der Waals surface area contributed by atoms with Crippen molar-refractivity contribution in [2.24, 2.45) is 0 Å². The highest BCUT2D eigenvalue weighted by Crippen LogP contribution is 2.35. The summed E-state index contributed by atoms with van der Waals surface area (Å²) < 4.78 is 0. The maximum atomic E-state index is 13.2. The largest absolute Gasteiger partial charge is 0.478 e. The number of aromatic carboxylic acids is 1. The molecule has 0 atom stereocenters. The second-order valence-electron chi connectivity index (χ2n) is 6.41. The number of hydrogen-bond acceptors (Lipinski definition) is 4. The Morgan fingerprint density at radius 3 is 2.36 bits per heavy atom. The number of amides is 3. The van der Waals surface area contributed by atoms with Crippen LogP contribution in [0.3, 0.4) is 0 Å². The van der Waals surface area contributed by atoms with E-state index in [9.17, 15) is 24.3 Å². The number of carboxylic acids is 1. The summed E-state index contributed by atoms with van der Waals surface area (Å²) in [5.74, 6) is -2.55. The highest BCUT2D eigenvalue weighted by Gasteiger charge is 2.34. The van der Waals surface area contributed by atoms with Crippen LogP contribution in [0.1, 0.15) is 38.0 Å². The maximum Gasteiger partial charge on any atom is 0.335 e. The van der Waals surface area contributed by atoms with Gasteiger partial charge < -0.3 is 10.4 Å². The minimum absolute atomic E-state index is 0.0332. The monoisotopic (exact) mass is 374 g/mol. The molecule has 4 rings (SSSR count). The van der Waals surface area contributed by atoms with Crippen LogP contribution in [-0.4, -0.2) is 28.8 Å². The molecular formula is C21H14N2O5. The Labute approximate surface area is 159 Å². The lowest BCUT2D eigenvalue weighted by atomic mass is 9.93. The molecular weight excluding hydrogens is 360 g/mol. The van der Waals surface area contributed by atoms with Gasteiger partial charge in [0.15, 0.2) is 0 Å². The molecule has 0 radical (unpaired) electrons. The van der Waals surface area contributed by atoms with Gasteiger partial charge in [-0.2, -0.15) is 0 Å². The fourth-order valence-electron chi connectivity index (χ4n) is 3.40. The third-order valence-electron chi connectivity index (χ3n) is 4.52. The van der Waals surface area contributed by atoms with E-state index < -0.39 is 17.8 Å². The van der Waals surface area contributed by atoms with Crippen molar-refractivity contribution in [3.8, 4) is 0 Å². The van der Waals surface area contributed by atoms with E-state index >= 15 is 0 Å². The zero-order valence-electron chi connectivity index (χ0n) is 14.7. The number of anilines is 2. The van der Waals surface area contributed by atoms with E-state index in [-0.39, 0.29) is 22.7 Å². The Hall–Kier alpha value is -4.00. The van der Waals surface area contributed by atoms with Crippen molar-refractivity contribution in [3.05, 3.63) is 71.3 Å². The predicted octanol–water partition coefficient (Wildman–Crippen LogP) is 3.30. The minimum atomic E-state index is -1.16. The summed E-state index contributed by atoms with van der Waals surface area (Å²) in [6, 6.07) is 13.9. The lowest BCUT2D eigenvalue weighted by Crippen LogP contribution is -2.40. The fourth-order valence-corrected chi connectivity index (χ4v) is 3.40.